The summed E-state index contributed by atoms with van der Waals surface area (Å²) < 4.78 is 0. The van der Waals surface area contributed by atoms with Gasteiger partial charge in [-0.3, -0.25) is 9.80 Å². The second-order valence-corrected chi connectivity index (χ2v) is 7.65. The number of nitrogens with one attached hydrogen (secondary N) is 1. The maximum Gasteiger partial charge on any atom is 0.0475 e. The van der Waals surface area contributed by atoms with Gasteiger partial charge in [-0.15, -0.1) is 0 Å². The highest BCUT2D eigenvalue weighted by Gasteiger charge is 2.27. The van der Waals surface area contributed by atoms with Crippen LogP contribution in [0.1, 0.15) is 42.5 Å². The highest BCUT2D eigenvalue weighted by Crippen LogP contribution is 2.29. The minimum atomic E-state index is 0.551. The van der Waals surface area contributed by atoms with E-state index >= 15 is 0 Å². The van der Waals surface area contributed by atoms with Crippen molar-refractivity contribution in [2.75, 3.05) is 45.8 Å². The van der Waals surface area contributed by atoms with Gasteiger partial charge in [0.1, 0.15) is 0 Å². The lowest BCUT2D eigenvalue weighted by molar-refractivity contribution is 0.0912. The standard InChI is InChI=1S/C20H33N3/c1-16-5-4-10-23(14-16)20(15-22-11-8-21-9-12-22)19-7-6-17(2)18(3)13-19/h6-7,13,16,20-21H,4-5,8-12,14-15H2,1-3H3. The molecule has 0 bridgehead atoms. The van der Waals surface area contributed by atoms with Crippen molar-refractivity contribution >= 4 is 0 Å². The van der Waals surface area contributed by atoms with Gasteiger partial charge in [0.05, 0.1) is 0 Å². The largest absolute Gasteiger partial charge is 0.314 e. The molecule has 2 aliphatic rings. The Hall–Kier alpha value is -0.900. The van der Waals surface area contributed by atoms with Crippen LogP contribution in [0.4, 0.5) is 0 Å². The molecule has 2 atom stereocenters. The SMILES string of the molecule is Cc1ccc(C(CN2CCNCC2)N2CCCC(C)C2)cc1C. The molecule has 0 aromatic heterocycles. The molecule has 2 saturated heterocycles. The summed E-state index contributed by atoms with van der Waals surface area (Å²) >= 11 is 0. The van der Waals surface area contributed by atoms with Gasteiger partial charge >= 0.3 is 0 Å². The quantitative estimate of drug-likeness (QED) is 0.921. The Labute approximate surface area is 142 Å². The molecule has 23 heavy (non-hydrogen) atoms. The molecule has 2 unspecified atom stereocenters. The molecule has 0 aliphatic carbocycles. The number of piperazine rings is 1. The predicted molar refractivity (Wildman–Crippen MR) is 97.9 cm³/mol. The summed E-state index contributed by atoms with van der Waals surface area (Å²) in [6.45, 7) is 15.2. The summed E-state index contributed by atoms with van der Waals surface area (Å²) in [5, 5.41) is 3.48. The topological polar surface area (TPSA) is 18.5 Å². The van der Waals surface area contributed by atoms with Gasteiger partial charge in [-0.25, -0.2) is 0 Å². The number of nitrogens with zero attached hydrogens (tertiary/aromatic N) is 2. The van der Waals surface area contributed by atoms with Crippen LogP contribution < -0.4 is 5.32 Å². The van der Waals surface area contributed by atoms with Gasteiger partial charge in [-0.1, -0.05) is 25.1 Å². The summed E-state index contributed by atoms with van der Waals surface area (Å²) in [5.41, 5.74) is 4.35. The molecule has 0 spiro atoms. The third-order valence-electron chi connectivity index (χ3n) is 5.69. The van der Waals surface area contributed by atoms with Crippen molar-refractivity contribution in [2.45, 2.75) is 39.7 Å². The molecule has 128 valence electrons. The molecule has 3 rings (SSSR count). The molecule has 3 nitrogen and oxygen atoms in total. The van der Waals surface area contributed by atoms with Crippen LogP contribution in [0.5, 0.6) is 0 Å². The Bertz CT molecular complexity index is 508. The second-order valence-electron chi connectivity index (χ2n) is 7.65. The Kier molecular flexibility index (Phi) is 5.73. The van der Waals surface area contributed by atoms with Crippen LogP contribution in [0.25, 0.3) is 0 Å². The third kappa shape index (κ3) is 4.34. The smallest absolute Gasteiger partial charge is 0.0475 e. The van der Waals surface area contributed by atoms with E-state index in [0.717, 1.165) is 19.0 Å². The van der Waals surface area contributed by atoms with Gasteiger partial charge in [-0.05, 0) is 55.8 Å². The van der Waals surface area contributed by atoms with E-state index in [-0.39, 0.29) is 0 Å². The van der Waals surface area contributed by atoms with Crippen LogP contribution in [-0.4, -0.2) is 55.6 Å². The highest BCUT2D eigenvalue weighted by molar-refractivity contribution is 5.32. The normalized spacial score (nSPS) is 25.4. The number of hydrogen-bond acceptors (Lipinski definition) is 3. The molecule has 0 radical (unpaired) electrons. The Balaban J connectivity index is 1.80. The Morgan fingerprint density at radius 1 is 1.13 bits per heavy atom. The van der Waals surface area contributed by atoms with Crippen molar-refractivity contribution in [2.24, 2.45) is 5.92 Å². The van der Waals surface area contributed by atoms with Crippen LogP contribution in [0.2, 0.25) is 0 Å². The van der Waals surface area contributed by atoms with Crippen molar-refractivity contribution in [1.82, 2.24) is 15.1 Å². The first-order chi connectivity index (χ1) is 11.1. The number of hydrogen-bond donors (Lipinski definition) is 1. The van der Waals surface area contributed by atoms with E-state index in [9.17, 15) is 0 Å². The summed E-state index contributed by atoms with van der Waals surface area (Å²) in [7, 11) is 0. The molecule has 2 aliphatic heterocycles. The molecule has 1 aromatic rings. The summed E-state index contributed by atoms with van der Waals surface area (Å²) in [6.07, 6.45) is 2.74. The molecule has 3 heteroatoms. The van der Waals surface area contributed by atoms with E-state index in [0.29, 0.717) is 6.04 Å². The lowest BCUT2D eigenvalue weighted by Crippen LogP contribution is -2.48. The molecule has 2 fully saturated rings. The number of benzene rings is 1. The Morgan fingerprint density at radius 2 is 1.91 bits per heavy atom. The van der Waals surface area contributed by atoms with Crippen LogP contribution in [-0.2, 0) is 0 Å². The molecule has 0 saturated carbocycles. The predicted octanol–water partition coefficient (Wildman–Crippen LogP) is 2.98. The average molecular weight is 316 g/mol. The Morgan fingerprint density at radius 3 is 2.61 bits per heavy atom. The number of rotatable bonds is 4. The number of piperidine rings is 1. The van der Waals surface area contributed by atoms with Gasteiger partial charge in [0.15, 0.2) is 0 Å². The maximum atomic E-state index is 3.48. The first-order valence-corrected chi connectivity index (χ1v) is 9.38. The molecule has 0 amide bonds. The number of likely N-dealkylation sites (tertiary alicyclic amines) is 1. The molecular formula is C20H33N3. The molecule has 2 heterocycles. The van der Waals surface area contributed by atoms with Crippen LogP contribution in [0.15, 0.2) is 18.2 Å². The van der Waals surface area contributed by atoms with Gasteiger partial charge in [0, 0.05) is 45.3 Å². The van der Waals surface area contributed by atoms with Crippen LogP contribution in [0, 0.1) is 19.8 Å². The maximum absolute atomic E-state index is 3.48. The summed E-state index contributed by atoms with van der Waals surface area (Å²) in [4.78, 5) is 5.40. The number of aryl methyl sites for hydroxylation is 2. The fraction of sp³-hybridized carbons (Fsp3) is 0.700. The van der Waals surface area contributed by atoms with E-state index in [2.05, 4.69) is 54.1 Å². The second kappa shape index (κ2) is 7.78. The first-order valence-electron chi connectivity index (χ1n) is 9.38. The van der Waals surface area contributed by atoms with E-state index in [1.54, 1.807) is 0 Å². The van der Waals surface area contributed by atoms with Crippen LogP contribution in [0.3, 0.4) is 0 Å². The first kappa shape index (κ1) is 16.9. The minimum absolute atomic E-state index is 0.551. The lowest BCUT2D eigenvalue weighted by Gasteiger charge is -2.41. The van der Waals surface area contributed by atoms with Gasteiger partial charge in [0.2, 0.25) is 0 Å². The van der Waals surface area contributed by atoms with Gasteiger partial charge < -0.3 is 5.32 Å². The zero-order chi connectivity index (χ0) is 16.2. The zero-order valence-electron chi connectivity index (χ0n) is 15.1. The fourth-order valence-corrected chi connectivity index (χ4v) is 4.05. The van der Waals surface area contributed by atoms with E-state index < -0.39 is 0 Å². The van der Waals surface area contributed by atoms with Crippen molar-refractivity contribution in [3.05, 3.63) is 34.9 Å². The molecule has 1 N–H and O–H groups in total. The summed E-state index contributed by atoms with van der Waals surface area (Å²) in [5.74, 6) is 0.834. The third-order valence-corrected chi connectivity index (χ3v) is 5.69. The van der Waals surface area contributed by atoms with E-state index in [4.69, 9.17) is 0 Å². The van der Waals surface area contributed by atoms with E-state index in [1.807, 2.05) is 0 Å². The fourth-order valence-electron chi connectivity index (χ4n) is 4.05. The molecular weight excluding hydrogens is 282 g/mol. The average Bonchev–Trinajstić information content (AvgIpc) is 2.56. The van der Waals surface area contributed by atoms with Crippen LogP contribution >= 0.6 is 0 Å². The van der Waals surface area contributed by atoms with E-state index in [1.165, 1.54) is 62.3 Å². The van der Waals surface area contributed by atoms with Crippen molar-refractivity contribution in [3.63, 3.8) is 0 Å². The zero-order valence-corrected chi connectivity index (χ0v) is 15.1. The monoisotopic (exact) mass is 315 g/mol. The molecule has 1 aromatic carbocycles. The highest BCUT2D eigenvalue weighted by atomic mass is 15.2. The lowest BCUT2D eigenvalue weighted by atomic mass is 9.94. The van der Waals surface area contributed by atoms with Crippen molar-refractivity contribution in [3.8, 4) is 0 Å². The van der Waals surface area contributed by atoms with Crippen molar-refractivity contribution < 1.29 is 0 Å². The van der Waals surface area contributed by atoms with Crippen molar-refractivity contribution in [1.29, 1.82) is 0 Å². The summed E-state index contributed by atoms with van der Waals surface area (Å²) in [6, 6.07) is 7.66. The minimum Gasteiger partial charge on any atom is -0.314 e. The van der Waals surface area contributed by atoms with Gasteiger partial charge in [-0.2, -0.15) is 0 Å². The van der Waals surface area contributed by atoms with Gasteiger partial charge in [0.25, 0.3) is 0 Å².